The highest BCUT2D eigenvalue weighted by Gasteiger charge is 2.35. The average Bonchev–Trinajstić information content (AvgIpc) is 3.81. The van der Waals surface area contributed by atoms with Crippen LogP contribution >= 0.6 is 24.4 Å². The molecule has 0 unspecified atom stereocenters. The zero-order chi connectivity index (χ0) is 53.8. The van der Waals surface area contributed by atoms with Crippen LogP contribution in [0.1, 0.15) is 70.9 Å². The first-order chi connectivity index (χ1) is 33.4. The number of H-pyrrole nitrogens is 1. The van der Waals surface area contributed by atoms with Crippen LogP contribution in [0.25, 0.3) is 0 Å². The van der Waals surface area contributed by atoms with Crippen molar-refractivity contribution in [3.63, 3.8) is 0 Å². The minimum atomic E-state index is -1.85. The van der Waals surface area contributed by atoms with Crippen LogP contribution in [0.15, 0.2) is 22.5 Å². The molecule has 31 heteroatoms. The van der Waals surface area contributed by atoms with Gasteiger partial charge in [-0.3, -0.25) is 53.1 Å². The van der Waals surface area contributed by atoms with Crippen LogP contribution in [0, 0.1) is 5.92 Å². The van der Waals surface area contributed by atoms with Gasteiger partial charge in [-0.25, -0.2) is 9.78 Å². The first-order valence-electron chi connectivity index (χ1n) is 22.2. The molecular weight excluding hydrogens is 975 g/mol. The number of guanidine groups is 2. The molecule has 71 heavy (non-hydrogen) atoms. The smallest absolute Gasteiger partial charge is 0.327 e. The van der Waals surface area contributed by atoms with E-state index in [0.717, 1.165) is 0 Å². The number of nitrogens with one attached hydrogen (secondary N) is 8. The van der Waals surface area contributed by atoms with Crippen molar-refractivity contribution in [2.75, 3.05) is 30.9 Å². The lowest BCUT2D eigenvalue weighted by Gasteiger charge is -2.28. The van der Waals surface area contributed by atoms with Crippen LogP contribution in [0.2, 0.25) is 0 Å². The number of aromatic nitrogens is 2. The Morgan fingerprint density at radius 1 is 0.662 bits per heavy atom. The predicted octanol–water partition coefficient (Wildman–Crippen LogP) is -6.06. The van der Waals surface area contributed by atoms with E-state index < -0.39 is 133 Å². The molecule has 0 saturated heterocycles. The largest absolute Gasteiger partial charge is 0.481 e. The lowest BCUT2D eigenvalue weighted by Crippen LogP contribution is -2.61. The molecule has 0 saturated carbocycles. The van der Waals surface area contributed by atoms with Crippen molar-refractivity contribution in [3.05, 3.63) is 18.2 Å². The molecule has 22 N–H and O–H groups in total. The van der Waals surface area contributed by atoms with Crippen molar-refractivity contribution < 1.29 is 58.2 Å². The van der Waals surface area contributed by atoms with E-state index in [0.29, 0.717) is 17.9 Å². The van der Waals surface area contributed by atoms with Crippen molar-refractivity contribution in [1.82, 2.24) is 47.2 Å². The lowest BCUT2D eigenvalue weighted by molar-refractivity contribution is -0.142. The molecule has 1 rings (SSSR count). The third-order valence-electron chi connectivity index (χ3n) is 10.1. The van der Waals surface area contributed by atoms with Crippen molar-refractivity contribution in [2.45, 2.75) is 120 Å². The highest BCUT2D eigenvalue weighted by molar-refractivity contribution is 7.98. The number of thioether (sulfide) groups is 1. The van der Waals surface area contributed by atoms with E-state index in [1.165, 1.54) is 24.3 Å². The molecular formula is C40H69N17O12S2. The van der Waals surface area contributed by atoms with Gasteiger partial charge < -0.3 is 86.8 Å². The van der Waals surface area contributed by atoms with Gasteiger partial charge in [-0.1, -0.05) is 13.8 Å². The van der Waals surface area contributed by atoms with Crippen molar-refractivity contribution in [2.24, 2.45) is 50.3 Å². The van der Waals surface area contributed by atoms with Gasteiger partial charge in [0.2, 0.25) is 47.3 Å². The highest BCUT2D eigenvalue weighted by Crippen LogP contribution is 2.10. The van der Waals surface area contributed by atoms with Crippen LogP contribution in [-0.2, 0) is 54.4 Å². The zero-order valence-corrected chi connectivity index (χ0v) is 41.4. The molecule has 0 aliphatic rings. The maximum absolute atomic E-state index is 14.2. The third kappa shape index (κ3) is 25.0. The van der Waals surface area contributed by atoms with Gasteiger partial charge in [0.1, 0.15) is 42.3 Å². The Morgan fingerprint density at radius 3 is 1.56 bits per heavy atom. The number of thiol groups is 1. The molecule has 0 spiro atoms. The molecule has 0 radical (unpaired) electrons. The quantitative estimate of drug-likeness (QED) is 0.0130. The van der Waals surface area contributed by atoms with Gasteiger partial charge >= 0.3 is 11.9 Å². The number of hydrogen-bond donors (Lipinski definition) is 17. The molecule has 8 atom stereocenters. The number of aliphatic imine (C=N–C) groups is 2. The number of aliphatic carboxylic acids is 2. The number of carboxylic acids is 2. The van der Waals surface area contributed by atoms with Crippen molar-refractivity contribution in [3.8, 4) is 0 Å². The summed E-state index contributed by atoms with van der Waals surface area (Å²) >= 11 is 5.40. The van der Waals surface area contributed by atoms with Crippen LogP contribution in [0.3, 0.4) is 0 Å². The Balaban J connectivity index is 3.59. The SMILES string of the molecule is CSCC[C@H](N)C(=O)N[C@H](C(=O)N[C@@H](CCCN=C(N)N)C(=O)N[C@@H](Cc1cnc[nH]1)C(=O)N[C@@H](CCC(=O)O)C(=O)N[C@@H](CC(N)=O)C(=O)N[C@@H](CCCN=C(N)N)C(=O)N[C@@H](CS)C(=O)O)C(C)C. The summed E-state index contributed by atoms with van der Waals surface area (Å²) < 4.78 is 0. The number of hydrogen-bond acceptors (Lipinski definition) is 16. The summed E-state index contributed by atoms with van der Waals surface area (Å²) in [6, 6.07) is -11.7. The number of nitrogens with two attached hydrogens (primary N) is 6. The second-order valence-corrected chi connectivity index (χ2v) is 17.6. The maximum atomic E-state index is 14.2. The van der Waals surface area contributed by atoms with Gasteiger partial charge in [0.15, 0.2) is 11.9 Å². The lowest BCUT2D eigenvalue weighted by atomic mass is 10.0. The van der Waals surface area contributed by atoms with Crippen molar-refractivity contribution in [1.29, 1.82) is 0 Å². The molecule has 0 aliphatic heterocycles. The first kappa shape index (κ1) is 62.1. The van der Waals surface area contributed by atoms with Gasteiger partial charge in [0, 0.05) is 43.6 Å². The average molecular weight is 1040 g/mol. The molecule has 29 nitrogen and oxygen atoms in total. The Bertz CT molecular complexity index is 2020. The van der Waals surface area contributed by atoms with E-state index in [2.05, 4.69) is 69.8 Å². The van der Waals surface area contributed by atoms with Gasteiger partial charge in [-0.15, -0.1) is 0 Å². The van der Waals surface area contributed by atoms with E-state index >= 15 is 0 Å². The third-order valence-corrected chi connectivity index (χ3v) is 11.1. The number of amides is 8. The number of carboxylic acid groups (broad SMARTS) is 2. The van der Waals surface area contributed by atoms with Gasteiger partial charge in [-0.2, -0.15) is 24.4 Å². The number of carbonyl (C=O) groups is 10. The standard InChI is InChI=1S/C40H69N17O12S2/c1-19(2)30(57-31(61)21(41)10-13-71-3)37(67)53-23(7-5-12-49-40(45)46)32(62)54-25(14-20-16-47-18-50-20)35(65)52-24(8-9-29(59)60)34(64)55-26(15-28(42)58)36(66)51-22(6-4-11-48-39(43)44)33(63)56-27(17-70)38(68)69/h16,18-19,21-27,30,70H,4-15,17,41H2,1-3H3,(H2,42,58)(H,47,50)(H,51,66)(H,52,65)(H,53,67)(H,54,62)(H,55,64)(H,56,63)(H,57,61)(H,59,60)(H,68,69)(H4,43,44,48)(H4,45,46,49)/t21-,22-,23-,24-,25-,26-,27-,30-/m0/s1. The summed E-state index contributed by atoms with van der Waals surface area (Å²) in [5.41, 5.74) is 33.4. The van der Waals surface area contributed by atoms with Gasteiger partial charge in [-0.05, 0) is 56.5 Å². The molecule has 398 valence electrons. The normalized spacial score (nSPS) is 14.3. The van der Waals surface area contributed by atoms with Gasteiger partial charge in [0.25, 0.3) is 0 Å². The summed E-state index contributed by atoms with van der Waals surface area (Å²) in [5.74, 6) is -11.4. The second kappa shape index (κ2) is 32.8. The minimum absolute atomic E-state index is 0.0214. The predicted molar refractivity (Wildman–Crippen MR) is 264 cm³/mol. The van der Waals surface area contributed by atoms with Crippen LogP contribution in [0.5, 0.6) is 0 Å². The van der Waals surface area contributed by atoms with Crippen LogP contribution < -0.4 is 71.6 Å². The molecule has 1 heterocycles. The van der Waals surface area contributed by atoms with E-state index in [4.69, 9.17) is 34.4 Å². The fourth-order valence-electron chi connectivity index (χ4n) is 6.30. The summed E-state index contributed by atoms with van der Waals surface area (Å²) in [7, 11) is 0. The summed E-state index contributed by atoms with van der Waals surface area (Å²) in [4.78, 5) is 146. The molecule has 0 fully saturated rings. The Labute approximate surface area is 419 Å². The molecule has 0 bridgehead atoms. The molecule has 0 aromatic carbocycles. The van der Waals surface area contributed by atoms with E-state index in [-0.39, 0.29) is 62.9 Å². The molecule has 1 aromatic heterocycles. The Hall–Kier alpha value is -6.89. The van der Waals surface area contributed by atoms with Crippen LogP contribution in [-0.4, -0.2) is 170 Å². The number of aromatic amines is 1. The van der Waals surface area contributed by atoms with E-state index in [1.807, 2.05) is 6.26 Å². The second-order valence-electron chi connectivity index (χ2n) is 16.3. The topological polar surface area (TPSA) is 505 Å². The Kier molecular flexibility index (Phi) is 28.7. The number of primary amides is 1. The van der Waals surface area contributed by atoms with Crippen LogP contribution in [0.4, 0.5) is 0 Å². The number of imidazole rings is 1. The molecule has 0 aliphatic carbocycles. The minimum Gasteiger partial charge on any atom is -0.481 e. The molecule has 1 aromatic rings. The Morgan fingerprint density at radius 2 is 1.13 bits per heavy atom. The van der Waals surface area contributed by atoms with E-state index in [1.54, 1.807) is 13.8 Å². The summed E-state index contributed by atoms with van der Waals surface area (Å²) in [6.07, 6.45) is 2.17. The monoisotopic (exact) mass is 1040 g/mol. The summed E-state index contributed by atoms with van der Waals surface area (Å²) in [5, 5.41) is 36.0. The van der Waals surface area contributed by atoms with Gasteiger partial charge in [0.05, 0.1) is 18.8 Å². The number of rotatable bonds is 35. The number of carbonyl (C=O) groups excluding carboxylic acids is 8. The fraction of sp³-hybridized carbons (Fsp3) is 0.625. The zero-order valence-electron chi connectivity index (χ0n) is 39.7. The summed E-state index contributed by atoms with van der Waals surface area (Å²) in [6.45, 7) is 3.33. The maximum Gasteiger partial charge on any atom is 0.327 e. The number of nitrogens with zero attached hydrogens (tertiary/aromatic N) is 3. The van der Waals surface area contributed by atoms with Crippen molar-refractivity contribution >= 4 is 95.5 Å². The highest BCUT2D eigenvalue weighted by atomic mass is 32.2. The first-order valence-corrected chi connectivity index (χ1v) is 24.2. The van der Waals surface area contributed by atoms with E-state index in [9.17, 15) is 58.2 Å². The fourth-order valence-corrected chi connectivity index (χ4v) is 7.03. The molecule has 8 amide bonds.